The van der Waals surface area contributed by atoms with Crippen LogP contribution in [-0.4, -0.2) is 13.4 Å². The second kappa shape index (κ2) is 5.57. The van der Waals surface area contributed by atoms with Crippen molar-refractivity contribution in [2.75, 3.05) is 10.5 Å². The molecule has 0 radical (unpaired) electrons. The zero-order chi connectivity index (χ0) is 15.8. The molecule has 0 unspecified atom stereocenters. The van der Waals surface area contributed by atoms with Gasteiger partial charge < -0.3 is 5.73 Å². The zero-order valence-electron chi connectivity index (χ0n) is 10.7. The Kier molecular flexibility index (Phi) is 4.15. The highest BCUT2D eigenvalue weighted by molar-refractivity contribution is 9.10. The van der Waals surface area contributed by atoms with Crippen LogP contribution < -0.4 is 10.5 Å². The van der Waals surface area contributed by atoms with Crippen LogP contribution in [0, 0.1) is 18.6 Å². The van der Waals surface area contributed by atoms with Gasteiger partial charge in [-0.05, 0) is 46.6 Å². The first kappa shape index (κ1) is 15.6. The first-order valence-electron chi connectivity index (χ1n) is 5.61. The lowest BCUT2D eigenvalue weighted by atomic mass is 10.3. The lowest BCUT2D eigenvalue weighted by molar-refractivity contribution is 0.557. The van der Waals surface area contributed by atoms with Gasteiger partial charge in [0, 0.05) is 10.7 Å². The smallest absolute Gasteiger partial charge is 0.266 e. The summed E-state index contributed by atoms with van der Waals surface area (Å²) in [7, 11) is -4.27. The molecule has 2 rings (SSSR count). The molecular weight excluding hydrogens is 368 g/mol. The molecule has 21 heavy (non-hydrogen) atoms. The average molecular weight is 378 g/mol. The van der Waals surface area contributed by atoms with E-state index in [4.69, 9.17) is 5.73 Å². The van der Waals surface area contributed by atoms with Crippen molar-refractivity contribution < 1.29 is 17.2 Å². The Morgan fingerprint density at radius 1 is 1.33 bits per heavy atom. The molecular formula is C12H10BrF2N3O2S. The Bertz CT molecular complexity index is 812. The van der Waals surface area contributed by atoms with Gasteiger partial charge in [-0.1, -0.05) is 0 Å². The number of hydrogen-bond acceptors (Lipinski definition) is 4. The standard InChI is InChI=1S/C12H10BrF2N3O2S/c1-6-4-7(13)5-17-12(6)18-21(19,20)9-3-2-8(14)11(16)10(9)15/h2-5H,16H2,1H3,(H,17,18). The Balaban J connectivity index is 2.46. The summed E-state index contributed by atoms with van der Waals surface area (Å²) in [5.41, 5.74) is 4.84. The predicted molar refractivity (Wildman–Crippen MR) is 78.3 cm³/mol. The molecule has 9 heteroatoms. The number of nitrogen functional groups attached to an aromatic ring is 1. The molecule has 1 aromatic heterocycles. The maximum atomic E-state index is 13.8. The third kappa shape index (κ3) is 3.13. The number of sulfonamides is 1. The number of nitrogens with zero attached hydrogens (tertiary/aromatic N) is 1. The minimum absolute atomic E-state index is 0.0421. The molecule has 2 aromatic rings. The lowest BCUT2D eigenvalue weighted by Crippen LogP contribution is -2.17. The van der Waals surface area contributed by atoms with Crippen LogP contribution in [0.4, 0.5) is 20.3 Å². The number of aromatic nitrogens is 1. The predicted octanol–water partition coefficient (Wildman–Crippen LogP) is 2.81. The molecule has 1 aromatic carbocycles. The number of pyridine rings is 1. The van der Waals surface area contributed by atoms with E-state index in [1.165, 1.54) is 6.20 Å². The van der Waals surface area contributed by atoms with Crippen molar-refractivity contribution in [1.29, 1.82) is 0 Å². The summed E-state index contributed by atoms with van der Waals surface area (Å²) < 4.78 is 54.0. The molecule has 5 nitrogen and oxygen atoms in total. The van der Waals surface area contributed by atoms with Crippen molar-refractivity contribution in [3.63, 3.8) is 0 Å². The van der Waals surface area contributed by atoms with E-state index in [1.807, 2.05) is 0 Å². The zero-order valence-corrected chi connectivity index (χ0v) is 13.1. The molecule has 0 atom stereocenters. The lowest BCUT2D eigenvalue weighted by Gasteiger charge is -2.11. The van der Waals surface area contributed by atoms with Crippen LogP contribution in [0.3, 0.4) is 0 Å². The maximum absolute atomic E-state index is 13.8. The number of benzene rings is 1. The minimum atomic E-state index is -4.27. The summed E-state index contributed by atoms with van der Waals surface area (Å²) in [6.45, 7) is 1.63. The van der Waals surface area contributed by atoms with Crippen LogP contribution in [0.1, 0.15) is 5.56 Å². The Morgan fingerprint density at radius 2 is 2.00 bits per heavy atom. The molecule has 0 aliphatic rings. The van der Waals surface area contributed by atoms with Crippen molar-refractivity contribution in [3.8, 4) is 0 Å². The van der Waals surface area contributed by atoms with Crippen LogP contribution in [-0.2, 0) is 10.0 Å². The van der Waals surface area contributed by atoms with Gasteiger partial charge in [0.1, 0.15) is 22.2 Å². The van der Waals surface area contributed by atoms with Crippen molar-refractivity contribution >= 4 is 37.5 Å². The maximum Gasteiger partial charge on any atom is 0.266 e. The molecule has 0 fully saturated rings. The third-order valence-electron chi connectivity index (χ3n) is 2.66. The van der Waals surface area contributed by atoms with Gasteiger partial charge in [0.25, 0.3) is 10.0 Å². The van der Waals surface area contributed by atoms with Crippen molar-refractivity contribution in [1.82, 2.24) is 4.98 Å². The van der Waals surface area contributed by atoms with Gasteiger partial charge in [-0.25, -0.2) is 22.2 Å². The largest absolute Gasteiger partial charge is 0.394 e. The average Bonchev–Trinajstić information content (AvgIpc) is 2.39. The number of nitrogens with one attached hydrogen (secondary N) is 1. The number of anilines is 2. The Morgan fingerprint density at radius 3 is 2.62 bits per heavy atom. The van der Waals surface area contributed by atoms with E-state index in [2.05, 4.69) is 25.6 Å². The summed E-state index contributed by atoms with van der Waals surface area (Å²) in [5, 5.41) is 0. The quantitative estimate of drug-likeness (QED) is 0.805. The van der Waals surface area contributed by atoms with Crippen LogP contribution in [0.15, 0.2) is 33.8 Å². The van der Waals surface area contributed by atoms with Crippen molar-refractivity contribution in [2.45, 2.75) is 11.8 Å². The number of nitrogens with two attached hydrogens (primary N) is 1. The molecule has 3 N–H and O–H groups in total. The van der Waals surface area contributed by atoms with E-state index in [9.17, 15) is 17.2 Å². The molecule has 0 aliphatic heterocycles. The monoisotopic (exact) mass is 377 g/mol. The fourth-order valence-corrected chi connectivity index (χ4v) is 3.20. The van der Waals surface area contributed by atoms with Crippen LogP contribution in [0.5, 0.6) is 0 Å². The van der Waals surface area contributed by atoms with Crippen molar-refractivity contribution in [3.05, 3.63) is 46.1 Å². The van der Waals surface area contributed by atoms with E-state index in [0.717, 1.165) is 12.1 Å². The number of hydrogen-bond donors (Lipinski definition) is 2. The first-order valence-corrected chi connectivity index (χ1v) is 7.88. The topological polar surface area (TPSA) is 85.1 Å². The summed E-state index contributed by atoms with van der Waals surface area (Å²) in [6, 6.07) is 3.23. The van der Waals surface area contributed by atoms with E-state index >= 15 is 0 Å². The molecule has 0 spiro atoms. The first-order chi connectivity index (χ1) is 9.72. The molecule has 0 aliphatic carbocycles. The van der Waals surface area contributed by atoms with E-state index in [1.54, 1.807) is 13.0 Å². The molecule has 0 amide bonds. The molecule has 0 bridgehead atoms. The number of aryl methyl sites for hydroxylation is 1. The SMILES string of the molecule is Cc1cc(Br)cnc1NS(=O)(=O)c1ccc(F)c(N)c1F. The molecule has 0 saturated heterocycles. The summed E-state index contributed by atoms with van der Waals surface area (Å²) in [4.78, 5) is 3.15. The van der Waals surface area contributed by atoms with Gasteiger partial charge in [0.05, 0.1) is 0 Å². The fraction of sp³-hybridized carbons (Fsp3) is 0.0833. The number of rotatable bonds is 3. The summed E-state index contributed by atoms with van der Waals surface area (Å²) in [5.74, 6) is -2.32. The van der Waals surface area contributed by atoms with Gasteiger partial charge in [-0.15, -0.1) is 0 Å². The van der Waals surface area contributed by atoms with Crippen LogP contribution in [0.2, 0.25) is 0 Å². The van der Waals surface area contributed by atoms with Gasteiger partial charge in [-0.2, -0.15) is 0 Å². The van der Waals surface area contributed by atoms with Crippen LogP contribution >= 0.6 is 15.9 Å². The Hall–Kier alpha value is -1.74. The number of halogens is 3. The molecule has 112 valence electrons. The summed E-state index contributed by atoms with van der Waals surface area (Å²) >= 11 is 3.19. The Labute approximate surface area is 128 Å². The van der Waals surface area contributed by atoms with Gasteiger partial charge in [0.2, 0.25) is 0 Å². The second-order valence-corrected chi connectivity index (χ2v) is 6.76. The minimum Gasteiger partial charge on any atom is -0.394 e. The fourth-order valence-electron chi connectivity index (χ4n) is 1.59. The molecule has 0 saturated carbocycles. The van der Waals surface area contributed by atoms with E-state index in [-0.39, 0.29) is 5.82 Å². The third-order valence-corrected chi connectivity index (χ3v) is 4.45. The highest BCUT2D eigenvalue weighted by atomic mass is 79.9. The highest BCUT2D eigenvalue weighted by Crippen LogP contribution is 2.25. The van der Waals surface area contributed by atoms with Gasteiger partial charge in [0.15, 0.2) is 5.82 Å². The molecule has 1 heterocycles. The summed E-state index contributed by atoms with van der Waals surface area (Å²) in [6.07, 6.45) is 1.39. The van der Waals surface area contributed by atoms with Crippen molar-refractivity contribution in [2.24, 2.45) is 0 Å². The second-order valence-electron chi connectivity index (χ2n) is 4.20. The van der Waals surface area contributed by atoms with Gasteiger partial charge >= 0.3 is 0 Å². The normalized spacial score (nSPS) is 11.4. The van der Waals surface area contributed by atoms with E-state index in [0.29, 0.717) is 10.0 Å². The van der Waals surface area contributed by atoms with Gasteiger partial charge in [-0.3, -0.25) is 4.72 Å². The van der Waals surface area contributed by atoms with E-state index < -0.39 is 32.2 Å². The van der Waals surface area contributed by atoms with Crippen LogP contribution in [0.25, 0.3) is 0 Å². The highest BCUT2D eigenvalue weighted by Gasteiger charge is 2.23.